The number of aromatic nitrogens is 2. The van der Waals surface area contributed by atoms with Crippen molar-refractivity contribution in [1.29, 1.82) is 0 Å². The van der Waals surface area contributed by atoms with Gasteiger partial charge in [-0.15, -0.1) is 0 Å². The molecule has 108 valence electrons. The van der Waals surface area contributed by atoms with Crippen molar-refractivity contribution >= 4 is 11.3 Å². The van der Waals surface area contributed by atoms with Crippen LogP contribution in [0.4, 0.5) is 5.69 Å². The Bertz CT molecular complexity index is 862. The zero-order valence-electron chi connectivity index (χ0n) is 11.8. The van der Waals surface area contributed by atoms with E-state index in [1.54, 1.807) is 30.5 Å². The van der Waals surface area contributed by atoms with Gasteiger partial charge in [0.25, 0.3) is 0 Å². The molecule has 0 aliphatic heterocycles. The van der Waals surface area contributed by atoms with E-state index in [0.29, 0.717) is 5.69 Å². The number of benzene rings is 1. The van der Waals surface area contributed by atoms with E-state index >= 15 is 0 Å². The van der Waals surface area contributed by atoms with Crippen LogP contribution in [0.1, 0.15) is 17.0 Å². The van der Waals surface area contributed by atoms with E-state index in [-0.39, 0.29) is 11.2 Å². The molecule has 0 spiro atoms. The summed E-state index contributed by atoms with van der Waals surface area (Å²) in [4.78, 5) is 14.7. The number of phenolic OH excluding ortho intramolecular Hbond substituents is 1. The van der Waals surface area contributed by atoms with Gasteiger partial charge < -0.3 is 20.2 Å². The quantitative estimate of drug-likeness (QED) is 0.508. The number of anilines is 1. The van der Waals surface area contributed by atoms with Crippen LogP contribution in [0.2, 0.25) is 0 Å². The third-order valence-corrected chi connectivity index (χ3v) is 3.76. The van der Waals surface area contributed by atoms with Crippen LogP contribution in [0.5, 0.6) is 5.75 Å². The molecular weight excluding hydrogens is 266 g/mol. The van der Waals surface area contributed by atoms with Gasteiger partial charge in [-0.2, -0.15) is 0 Å². The fourth-order valence-corrected chi connectivity index (χ4v) is 2.52. The second-order valence-corrected chi connectivity index (χ2v) is 5.20. The third kappa shape index (κ3) is 2.50. The number of rotatable bonds is 3. The van der Waals surface area contributed by atoms with Crippen molar-refractivity contribution in [1.82, 2.24) is 9.38 Å². The molecule has 2 aromatic heterocycles. The number of nitrogens with zero attached hydrogens (tertiary/aromatic N) is 1. The van der Waals surface area contributed by atoms with Crippen LogP contribution in [0.3, 0.4) is 0 Å². The molecule has 0 unspecified atom stereocenters. The van der Waals surface area contributed by atoms with Crippen molar-refractivity contribution in [2.75, 3.05) is 5.73 Å². The Morgan fingerprint density at radius 1 is 1.24 bits per heavy atom. The first-order valence-electron chi connectivity index (χ1n) is 6.82. The minimum Gasteiger partial charge on any atom is -0.506 e. The van der Waals surface area contributed by atoms with Crippen molar-refractivity contribution in [2.24, 2.45) is 0 Å². The van der Waals surface area contributed by atoms with Gasteiger partial charge in [-0.05, 0) is 37.5 Å². The van der Waals surface area contributed by atoms with E-state index in [0.717, 1.165) is 35.4 Å². The highest BCUT2D eigenvalue weighted by Gasteiger charge is 2.07. The van der Waals surface area contributed by atoms with E-state index in [2.05, 4.69) is 4.98 Å². The fraction of sp³-hybridized carbons (Fsp3) is 0.188. The summed E-state index contributed by atoms with van der Waals surface area (Å²) in [5.41, 5.74) is 9.97. The number of phenols is 1. The molecule has 0 aliphatic rings. The normalized spacial score (nSPS) is 11.1. The van der Waals surface area contributed by atoms with Gasteiger partial charge in [0.1, 0.15) is 11.4 Å². The van der Waals surface area contributed by atoms with Crippen molar-refractivity contribution in [3.63, 3.8) is 0 Å². The summed E-state index contributed by atoms with van der Waals surface area (Å²) in [7, 11) is 0. The molecule has 0 bridgehead atoms. The molecule has 0 saturated heterocycles. The standard InChI is InChI=1S/C16H17N3O2/c1-10-14(18-16-9-12(20)6-7-19(10)16)5-3-11-2-4-13(17)15(21)8-11/h2,4,6-9,18,21H,3,5,17H2,1H3. The minimum absolute atomic E-state index is 0.00810. The van der Waals surface area contributed by atoms with Gasteiger partial charge in [-0.1, -0.05) is 6.07 Å². The fourth-order valence-electron chi connectivity index (χ4n) is 2.52. The van der Waals surface area contributed by atoms with E-state index < -0.39 is 0 Å². The van der Waals surface area contributed by atoms with Gasteiger partial charge in [0.05, 0.1) is 5.69 Å². The van der Waals surface area contributed by atoms with Gasteiger partial charge in [0.15, 0.2) is 5.43 Å². The maximum Gasteiger partial charge on any atom is 0.183 e. The largest absolute Gasteiger partial charge is 0.506 e. The second kappa shape index (κ2) is 5.01. The molecule has 0 atom stereocenters. The number of pyridine rings is 1. The number of fused-ring (bicyclic) bond motifs is 1. The maximum atomic E-state index is 11.4. The predicted octanol–water partition coefficient (Wildman–Crippen LogP) is 2.01. The first-order chi connectivity index (χ1) is 10.0. The Morgan fingerprint density at radius 3 is 2.81 bits per heavy atom. The molecule has 0 fully saturated rings. The molecule has 5 nitrogen and oxygen atoms in total. The molecule has 1 aromatic carbocycles. The Labute approximate surface area is 121 Å². The number of nitrogen functional groups attached to an aromatic ring is 1. The molecule has 4 N–H and O–H groups in total. The lowest BCUT2D eigenvalue weighted by atomic mass is 10.1. The van der Waals surface area contributed by atoms with Gasteiger partial charge >= 0.3 is 0 Å². The Hall–Kier alpha value is -2.69. The Kier molecular flexibility index (Phi) is 3.17. The summed E-state index contributed by atoms with van der Waals surface area (Å²) in [6.45, 7) is 2.02. The number of hydrogen-bond donors (Lipinski definition) is 3. The number of aromatic amines is 1. The molecule has 5 heteroatoms. The zero-order valence-corrected chi connectivity index (χ0v) is 11.8. The predicted molar refractivity (Wildman–Crippen MR) is 82.7 cm³/mol. The van der Waals surface area contributed by atoms with Crippen LogP contribution in [0.25, 0.3) is 5.65 Å². The smallest absolute Gasteiger partial charge is 0.183 e. The first kappa shape index (κ1) is 13.3. The van der Waals surface area contributed by atoms with E-state index in [4.69, 9.17) is 5.73 Å². The maximum absolute atomic E-state index is 11.4. The van der Waals surface area contributed by atoms with Gasteiger partial charge in [0, 0.05) is 29.7 Å². The number of nitrogens with two attached hydrogens (primary N) is 1. The SMILES string of the molecule is Cc1c(CCc2ccc(N)c(O)c2)[nH]c2cc(=O)ccn12. The van der Waals surface area contributed by atoms with Crippen molar-refractivity contribution < 1.29 is 5.11 Å². The summed E-state index contributed by atoms with van der Waals surface area (Å²) >= 11 is 0. The molecule has 0 radical (unpaired) electrons. The van der Waals surface area contributed by atoms with Crippen LogP contribution in [-0.2, 0) is 12.8 Å². The van der Waals surface area contributed by atoms with E-state index in [1.165, 1.54) is 0 Å². The van der Waals surface area contributed by atoms with Crippen LogP contribution in [0.15, 0.2) is 41.3 Å². The summed E-state index contributed by atoms with van der Waals surface area (Å²) in [5.74, 6) is 0.117. The Balaban J connectivity index is 1.86. The van der Waals surface area contributed by atoms with E-state index in [9.17, 15) is 9.90 Å². The number of aryl methyl sites for hydroxylation is 3. The molecule has 0 aliphatic carbocycles. The number of aromatic hydroxyl groups is 1. The molecule has 0 saturated carbocycles. The minimum atomic E-state index is -0.00810. The van der Waals surface area contributed by atoms with Crippen LogP contribution >= 0.6 is 0 Å². The third-order valence-electron chi connectivity index (χ3n) is 3.76. The number of imidazole rings is 1. The summed E-state index contributed by atoms with van der Waals surface area (Å²) < 4.78 is 1.97. The lowest BCUT2D eigenvalue weighted by Crippen LogP contribution is -1.99. The Morgan fingerprint density at radius 2 is 2.05 bits per heavy atom. The highest BCUT2D eigenvalue weighted by atomic mass is 16.3. The molecule has 21 heavy (non-hydrogen) atoms. The molecule has 0 amide bonds. The van der Waals surface area contributed by atoms with Crippen LogP contribution in [-0.4, -0.2) is 14.5 Å². The lowest BCUT2D eigenvalue weighted by molar-refractivity contribution is 0.477. The molecule has 3 aromatic rings. The molecule has 2 heterocycles. The first-order valence-corrected chi connectivity index (χ1v) is 6.82. The molecular formula is C16H17N3O2. The number of nitrogens with one attached hydrogen (secondary N) is 1. The highest BCUT2D eigenvalue weighted by Crippen LogP contribution is 2.22. The van der Waals surface area contributed by atoms with Crippen molar-refractivity contribution in [3.8, 4) is 5.75 Å². The number of H-pyrrole nitrogens is 1. The van der Waals surface area contributed by atoms with Gasteiger partial charge in [0.2, 0.25) is 0 Å². The van der Waals surface area contributed by atoms with Crippen molar-refractivity contribution in [2.45, 2.75) is 19.8 Å². The highest BCUT2D eigenvalue weighted by molar-refractivity contribution is 5.53. The van der Waals surface area contributed by atoms with Crippen molar-refractivity contribution in [3.05, 3.63) is 63.7 Å². The number of hydrogen-bond acceptors (Lipinski definition) is 3. The zero-order chi connectivity index (χ0) is 15.0. The van der Waals surface area contributed by atoms with Crippen LogP contribution < -0.4 is 11.2 Å². The average molecular weight is 283 g/mol. The van der Waals surface area contributed by atoms with Crippen LogP contribution in [0, 0.1) is 6.92 Å². The average Bonchev–Trinajstić information content (AvgIpc) is 2.76. The molecule has 3 rings (SSSR count). The topological polar surface area (TPSA) is 83.5 Å². The summed E-state index contributed by atoms with van der Waals surface area (Å²) in [6.07, 6.45) is 3.36. The van der Waals surface area contributed by atoms with Gasteiger partial charge in [-0.3, -0.25) is 4.79 Å². The van der Waals surface area contributed by atoms with Gasteiger partial charge in [-0.25, -0.2) is 0 Å². The van der Waals surface area contributed by atoms with E-state index in [1.807, 2.05) is 17.4 Å². The summed E-state index contributed by atoms with van der Waals surface area (Å²) in [5, 5.41) is 9.63. The summed E-state index contributed by atoms with van der Waals surface area (Å²) in [6, 6.07) is 8.45. The lowest BCUT2D eigenvalue weighted by Gasteiger charge is -2.04. The second-order valence-electron chi connectivity index (χ2n) is 5.20. The monoisotopic (exact) mass is 283 g/mol.